The number of carbonyl (C=O) groups excluding carboxylic acids is 1. The second kappa shape index (κ2) is 5.31. The average molecular weight is 278 g/mol. The zero-order valence-corrected chi connectivity index (χ0v) is 10.2. The number of anilines is 2. The predicted octanol–water partition coefficient (Wildman–Crippen LogP) is 1.63. The molecule has 0 aliphatic rings. The number of carbonyl (C=O) groups is 1. The fourth-order valence-electron chi connectivity index (χ4n) is 1.42. The summed E-state index contributed by atoms with van der Waals surface area (Å²) in [5, 5.41) is 0. The van der Waals surface area contributed by atoms with Gasteiger partial charge in [-0.1, -0.05) is 0 Å². The van der Waals surface area contributed by atoms with Crippen molar-refractivity contribution < 1.29 is 18.7 Å². The summed E-state index contributed by atoms with van der Waals surface area (Å²) in [4.78, 5) is 14.3. The summed E-state index contributed by atoms with van der Waals surface area (Å²) in [6, 6.07) is 5.10. The number of nitrogens with two attached hydrogens (primary N) is 3. The molecule has 0 aliphatic carbocycles. The van der Waals surface area contributed by atoms with Gasteiger partial charge in [0.05, 0.1) is 0 Å². The van der Waals surface area contributed by atoms with Crippen LogP contribution in [0.1, 0.15) is 0 Å². The molecule has 2 rings (SSSR count). The normalized spacial score (nSPS) is 10.1. The minimum Gasteiger partial charge on any atom is -0.455 e. The molecule has 0 aliphatic heterocycles. The highest BCUT2D eigenvalue weighted by Crippen LogP contribution is 2.31. The van der Waals surface area contributed by atoms with Crippen molar-refractivity contribution in [2.75, 3.05) is 11.5 Å². The number of primary amides is 1. The zero-order chi connectivity index (χ0) is 14.7. The van der Waals surface area contributed by atoms with Gasteiger partial charge in [-0.05, 0) is 12.1 Å². The SMILES string of the molecule is NC(=O)Oc1ccc(Oc2ccnc(N)c2N)cc1F. The van der Waals surface area contributed by atoms with Crippen molar-refractivity contribution in [3.63, 3.8) is 0 Å². The summed E-state index contributed by atoms with van der Waals surface area (Å²) in [6.45, 7) is 0. The maximum atomic E-state index is 13.6. The van der Waals surface area contributed by atoms with Gasteiger partial charge in [-0.25, -0.2) is 14.2 Å². The quantitative estimate of drug-likeness (QED) is 0.783. The maximum absolute atomic E-state index is 13.6. The molecule has 2 aromatic rings. The molecule has 0 saturated heterocycles. The highest BCUT2D eigenvalue weighted by atomic mass is 19.1. The summed E-state index contributed by atoms with van der Waals surface area (Å²) in [7, 11) is 0. The second-order valence-electron chi connectivity index (χ2n) is 3.72. The van der Waals surface area contributed by atoms with Crippen LogP contribution in [-0.2, 0) is 0 Å². The number of amides is 1. The Morgan fingerprint density at radius 2 is 1.95 bits per heavy atom. The molecule has 104 valence electrons. The van der Waals surface area contributed by atoms with E-state index in [2.05, 4.69) is 9.72 Å². The van der Waals surface area contributed by atoms with E-state index in [1.165, 1.54) is 24.4 Å². The van der Waals surface area contributed by atoms with Crippen LogP contribution in [-0.4, -0.2) is 11.1 Å². The van der Waals surface area contributed by atoms with Crippen LogP contribution in [0.3, 0.4) is 0 Å². The molecule has 0 spiro atoms. The van der Waals surface area contributed by atoms with E-state index >= 15 is 0 Å². The standard InChI is InChI=1S/C12H11FN4O3/c13-7-5-6(1-2-8(7)20-12(16)18)19-9-3-4-17-11(15)10(9)14/h1-5H,14H2,(H2,15,17)(H2,16,18). The molecule has 0 bridgehead atoms. The molecule has 0 atom stereocenters. The molecule has 7 nitrogen and oxygen atoms in total. The lowest BCUT2D eigenvalue weighted by atomic mass is 10.3. The molecule has 6 N–H and O–H groups in total. The summed E-state index contributed by atoms with van der Waals surface area (Å²) in [5.41, 5.74) is 16.1. The number of rotatable bonds is 3. The van der Waals surface area contributed by atoms with Crippen molar-refractivity contribution in [3.05, 3.63) is 36.3 Å². The first kappa shape index (κ1) is 13.4. The number of aromatic nitrogens is 1. The molecule has 1 aromatic heterocycles. The lowest BCUT2D eigenvalue weighted by Crippen LogP contribution is -2.16. The number of hydrogen-bond donors (Lipinski definition) is 3. The van der Waals surface area contributed by atoms with Crippen LogP contribution < -0.4 is 26.7 Å². The van der Waals surface area contributed by atoms with Gasteiger partial charge >= 0.3 is 6.09 Å². The Bertz CT molecular complexity index is 663. The van der Waals surface area contributed by atoms with Gasteiger partial charge in [0, 0.05) is 18.3 Å². The lowest BCUT2D eigenvalue weighted by Gasteiger charge is -2.10. The van der Waals surface area contributed by atoms with Crippen molar-refractivity contribution in [3.8, 4) is 17.2 Å². The van der Waals surface area contributed by atoms with E-state index < -0.39 is 11.9 Å². The lowest BCUT2D eigenvalue weighted by molar-refractivity contribution is 0.208. The first-order valence-electron chi connectivity index (χ1n) is 5.42. The summed E-state index contributed by atoms with van der Waals surface area (Å²) < 4.78 is 23.4. The number of pyridine rings is 1. The Morgan fingerprint density at radius 1 is 1.20 bits per heavy atom. The highest BCUT2D eigenvalue weighted by Gasteiger charge is 2.10. The molecule has 0 radical (unpaired) electrons. The van der Waals surface area contributed by atoms with E-state index in [9.17, 15) is 9.18 Å². The van der Waals surface area contributed by atoms with Crippen molar-refractivity contribution in [1.82, 2.24) is 4.98 Å². The molecule has 20 heavy (non-hydrogen) atoms. The highest BCUT2D eigenvalue weighted by molar-refractivity contribution is 5.68. The van der Waals surface area contributed by atoms with E-state index in [4.69, 9.17) is 21.9 Å². The Morgan fingerprint density at radius 3 is 2.60 bits per heavy atom. The molecule has 1 amide bonds. The Balaban J connectivity index is 2.24. The Kier molecular flexibility index (Phi) is 3.56. The van der Waals surface area contributed by atoms with Crippen molar-refractivity contribution in [2.45, 2.75) is 0 Å². The monoisotopic (exact) mass is 278 g/mol. The van der Waals surface area contributed by atoms with Crippen molar-refractivity contribution in [1.29, 1.82) is 0 Å². The number of nitrogens with zero attached hydrogens (tertiary/aromatic N) is 1. The number of halogens is 1. The van der Waals surface area contributed by atoms with Crippen molar-refractivity contribution in [2.24, 2.45) is 5.73 Å². The molecule has 1 aromatic carbocycles. The summed E-state index contributed by atoms with van der Waals surface area (Å²) in [6.07, 6.45) is 0.297. The molecule has 1 heterocycles. The molecule has 0 unspecified atom stereocenters. The molecule has 8 heteroatoms. The fourth-order valence-corrected chi connectivity index (χ4v) is 1.42. The number of hydrogen-bond acceptors (Lipinski definition) is 6. The third-order valence-corrected chi connectivity index (χ3v) is 2.32. The van der Waals surface area contributed by atoms with Gasteiger partial charge in [0.1, 0.15) is 17.3 Å². The Labute approximate surface area is 113 Å². The van der Waals surface area contributed by atoms with Gasteiger partial charge in [-0.2, -0.15) is 0 Å². The van der Waals surface area contributed by atoms with Crippen molar-refractivity contribution >= 4 is 17.6 Å². The van der Waals surface area contributed by atoms with Gasteiger partial charge in [0.15, 0.2) is 17.3 Å². The number of nitrogen functional groups attached to an aromatic ring is 2. The average Bonchev–Trinajstić information content (AvgIpc) is 2.38. The first-order chi connectivity index (χ1) is 9.47. The van der Waals surface area contributed by atoms with Crippen LogP contribution in [0.4, 0.5) is 20.7 Å². The Hall–Kier alpha value is -3.03. The van der Waals surface area contributed by atoms with Gasteiger partial charge in [0.25, 0.3) is 0 Å². The van der Waals surface area contributed by atoms with E-state index in [-0.39, 0.29) is 28.8 Å². The van der Waals surface area contributed by atoms with Crippen LogP contribution in [0, 0.1) is 5.82 Å². The zero-order valence-electron chi connectivity index (χ0n) is 10.2. The van der Waals surface area contributed by atoms with Crippen LogP contribution in [0.15, 0.2) is 30.5 Å². The van der Waals surface area contributed by atoms with Gasteiger partial charge < -0.3 is 26.7 Å². The molecule has 0 saturated carbocycles. The third-order valence-electron chi connectivity index (χ3n) is 2.32. The minimum atomic E-state index is -1.11. The second-order valence-corrected chi connectivity index (χ2v) is 3.72. The van der Waals surface area contributed by atoms with E-state index in [0.717, 1.165) is 6.07 Å². The van der Waals surface area contributed by atoms with Gasteiger partial charge in [0.2, 0.25) is 0 Å². The van der Waals surface area contributed by atoms with Gasteiger partial charge in [-0.15, -0.1) is 0 Å². The number of ether oxygens (including phenoxy) is 2. The predicted molar refractivity (Wildman–Crippen MR) is 69.7 cm³/mol. The smallest absolute Gasteiger partial charge is 0.410 e. The minimum absolute atomic E-state index is 0.108. The van der Waals surface area contributed by atoms with Crippen LogP contribution in [0.5, 0.6) is 17.2 Å². The summed E-state index contributed by atoms with van der Waals surface area (Å²) >= 11 is 0. The van der Waals surface area contributed by atoms with Gasteiger partial charge in [-0.3, -0.25) is 0 Å². The van der Waals surface area contributed by atoms with Crippen LogP contribution in [0.25, 0.3) is 0 Å². The molecule has 0 fully saturated rings. The van der Waals surface area contributed by atoms with Crippen LogP contribution in [0.2, 0.25) is 0 Å². The fraction of sp³-hybridized carbons (Fsp3) is 0. The number of benzene rings is 1. The van der Waals surface area contributed by atoms with E-state index in [1.807, 2.05) is 0 Å². The third kappa shape index (κ3) is 2.86. The van der Waals surface area contributed by atoms with E-state index in [0.29, 0.717) is 0 Å². The first-order valence-corrected chi connectivity index (χ1v) is 5.42. The van der Waals surface area contributed by atoms with E-state index in [1.54, 1.807) is 0 Å². The van der Waals surface area contributed by atoms with Crippen LogP contribution >= 0.6 is 0 Å². The molecular formula is C12H11FN4O3. The largest absolute Gasteiger partial charge is 0.455 e. The molecular weight excluding hydrogens is 267 g/mol. The maximum Gasteiger partial charge on any atom is 0.410 e. The topological polar surface area (TPSA) is 126 Å². The summed E-state index contributed by atoms with van der Waals surface area (Å²) in [5.74, 6) is -0.609.